The highest BCUT2D eigenvalue weighted by molar-refractivity contribution is 5.81. The van der Waals surface area contributed by atoms with Gasteiger partial charge in [0, 0.05) is 6.42 Å². The second-order valence-corrected chi connectivity index (χ2v) is 5.55. The first-order valence-electron chi connectivity index (χ1n) is 7.42. The Morgan fingerprint density at radius 3 is 2.64 bits per heavy atom. The molecule has 0 aliphatic carbocycles. The van der Waals surface area contributed by atoms with Gasteiger partial charge in [-0.25, -0.2) is 9.59 Å². The lowest BCUT2D eigenvalue weighted by molar-refractivity contribution is -0.141. The molecule has 1 aromatic carbocycles. The number of hydrogen-bond donors (Lipinski definition) is 2. The van der Waals surface area contributed by atoms with Crippen molar-refractivity contribution in [1.82, 2.24) is 4.90 Å². The molecule has 1 saturated heterocycles. The summed E-state index contributed by atoms with van der Waals surface area (Å²) in [5.74, 6) is -1.14. The van der Waals surface area contributed by atoms with Crippen LogP contribution in [0, 0.1) is 0 Å². The highest BCUT2D eigenvalue weighted by Gasteiger charge is 2.49. The molecule has 0 spiro atoms. The van der Waals surface area contributed by atoms with Crippen molar-refractivity contribution in [3.8, 4) is 0 Å². The molecular formula is C16H21NO5. The maximum absolute atomic E-state index is 12.1. The largest absolute Gasteiger partial charge is 0.480 e. The minimum Gasteiger partial charge on any atom is -0.480 e. The molecule has 1 aliphatic heterocycles. The van der Waals surface area contributed by atoms with Gasteiger partial charge in [-0.15, -0.1) is 0 Å². The van der Waals surface area contributed by atoms with Crippen LogP contribution in [0.5, 0.6) is 0 Å². The van der Waals surface area contributed by atoms with Crippen molar-refractivity contribution in [2.24, 2.45) is 0 Å². The minimum absolute atomic E-state index is 0.0464. The summed E-state index contributed by atoms with van der Waals surface area (Å²) >= 11 is 0. The van der Waals surface area contributed by atoms with Crippen LogP contribution < -0.4 is 0 Å². The first-order valence-corrected chi connectivity index (χ1v) is 7.42. The summed E-state index contributed by atoms with van der Waals surface area (Å²) in [4.78, 5) is 24.6. The molecule has 22 heavy (non-hydrogen) atoms. The number of hydrogen-bond acceptors (Lipinski definition) is 4. The second-order valence-electron chi connectivity index (χ2n) is 5.55. The van der Waals surface area contributed by atoms with E-state index in [1.54, 1.807) is 24.3 Å². The topological polar surface area (TPSA) is 87.1 Å². The molecule has 2 unspecified atom stereocenters. The third-order valence-corrected chi connectivity index (χ3v) is 3.89. The summed E-state index contributed by atoms with van der Waals surface area (Å²) in [7, 11) is 0. The Morgan fingerprint density at radius 1 is 1.36 bits per heavy atom. The third kappa shape index (κ3) is 3.39. The zero-order valence-electron chi connectivity index (χ0n) is 12.6. The Hall–Kier alpha value is -2.08. The van der Waals surface area contributed by atoms with Crippen LogP contribution >= 0.6 is 0 Å². The summed E-state index contributed by atoms with van der Waals surface area (Å²) in [6.45, 7) is 2.14. The Labute approximate surface area is 129 Å². The van der Waals surface area contributed by atoms with Crippen LogP contribution in [-0.2, 0) is 15.1 Å². The van der Waals surface area contributed by atoms with E-state index in [4.69, 9.17) is 4.74 Å². The van der Waals surface area contributed by atoms with Gasteiger partial charge >= 0.3 is 12.1 Å². The first kappa shape index (κ1) is 16.3. The van der Waals surface area contributed by atoms with Crippen LogP contribution in [0.25, 0.3) is 0 Å². The van der Waals surface area contributed by atoms with E-state index in [2.05, 4.69) is 0 Å². The van der Waals surface area contributed by atoms with E-state index in [1.807, 2.05) is 13.0 Å². The van der Waals surface area contributed by atoms with Gasteiger partial charge in [0.1, 0.15) is 11.6 Å². The number of ether oxygens (including phenoxy) is 1. The van der Waals surface area contributed by atoms with Crippen LogP contribution in [0.4, 0.5) is 4.79 Å². The molecule has 2 rings (SSSR count). The predicted molar refractivity (Wildman–Crippen MR) is 79.3 cm³/mol. The molecule has 0 radical (unpaired) electrons. The lowest BCUT2D eigenvalue weighted by Gasteiger charge is -2.23. The highest BCUT2D eigenvalue weighted by atomic mass is 16.6. The van der Waals surface area contributed by atoms with E-state index < -0.39 is 23.7 Å². The van der Waals surface area contributed by atoms with Crippen molar-refractivity contribution >= 4 is 12.1 Å². The van der Waals surface area contributed by atoms with Crippen LogP contribution in [0.1, 0.15) is 31.7 Å². The number of likely N-dealkylation sites (tertiary alicyclic amines) is 1. The molecule has 1 heterocycles. The number of nitrogens with zero attached hydrogens (tertiary/aromatic N) is 1. The standard InChI is InChI=1S/C16H21NO5/c1-2-3-9-22-15(20)17-11-16(21,10-13(17)14(18)19)12-7-5-4-6-8-12/h4-8,13,21H,2-3,9-11H2,1H3,(H,18,19). The number of carboxylic acids is 1. The third-order valence-electron chi connectivity index (χ3n) is 3.89. The predicted octanol–water partition coefficient (Wildman–Crippen LogP) is 1.97. The molecule has 0 saturated carbocycles. The number of rotatable bonds is 5. The molecule has 0 aromatic heterocycles. The SMILES string of the molecule is CCCCOC(=O)N1CC(O)(c2ccccc2)CC1C(=O)O. The lowest BCUT2D eigenvalue weighted by Crippen LogP contribution is -2.41. The minimum atomic E-state index is -1.37. The summed E-state index contributed by atoms with van der Waals surface area (Å²) in [6, 6.07) is 7.72. The van der Waals surface area contributed by atoms with Gasteiger partial charge in [0.15, 0.2) is 0 Å². The van der Waals surface area contributed by atoms with Crippen LogP contribution in [0.2, 0.25) is 0 Å². The van der Waals surface area contributed by atoms with E-state index in [-0.39, 0.29) is 19.6 Å². The molecule has 2 atom stereocenters. The van der Waals surface area contributed by atoms with E-state index in [0.29, 0.717) is 5.56 Å². The maximum atomic E-state index is 12.1. The molecule has 1 aromatic rings. The number of carbonyl (C=O) groups is 2. The van der Waals surface area contributed by atoms with Crippen LogP contribution in [0.15, 0.2) is 30.3 Å². The van der Waals surface area contributed by atoms with Crippen molar-refractivity contribution in [3.63, 3.8) is 0 Å². The zero-order chi connectivity index (χ0) is 16.2. The van der Waals surface area contributed by atoms with Gasteiger partial charge in [-0.3, -0.25) is 4.90 Å². The number of β-amino-alcohol motifs (C(OH)–C–C–N with tert-alkyl or cyclic N) is 1. The van der Waals surface area contributed by atoms with Crippen molar-refractivity contribution in [2.45, 2.75) is 37.8 Å². The molecule has 2 N–H and O–H groups in total. The number of aliphatic carboxylic acids is 1. The summed E-state index contributed by atoms with van der Waals surface area (Å²) in [5.41, 5.74) is -0.765. The van der Waals surface area contributed by atoms with E-state index in [9.17, 15) is 19.8 Å². The van der Waals surface area contributed by atoms with Gasteiger partial charge < -0.3 is 14.9 Å². The van der Waals surface area contributed by atoms with E-state index in [1.165, 1.54) is 0 Å². The lowest BCUT2D eigenvalue weighted by atomic mass is 9.91. The average Bonchev–Trinajstić information content (AvgIpc) is 2.88. The van der Waals surface area contributed by atoms with Gasteiger partial charge in [-0.1, -0.05) is 43.7 Å². The summed E-state index contributed by atoms with van der Waals surface area (Å²) < 4.78 is 5.09. The Balaban J connectivity index is 2.16. The molecule has 0 bridgehead atoms. The second kappa shape index (κ2) is 6.79. The van der Waals surface area contributed by atoms with Gasteiger partial charge in [0.05, 0.1) is 13.2 Å². The average molecular weight is 307 g/mol. The molecule has 120 valence electrons. The summed E-state index contributed by atoms with van der Waals surface area (Å²) in [5, 5.41) is 20.1. The fraction of sp³-hybridized carbons (Fsp3) is 0.500. The summed E-state index contributed by atoms with van der Waals surface area (Å²) in [6.07, 6.45) is 0.867. The normalized spacial score (nSPS) is 24.3. The first-order chi connectivity index (χ1) is 10.5. The smallest absolute Gasteiger partial charge is 0.410 e. The van der Waals surface area contributed by atoms with Crippen molar-refractivity contribution < 1.29 is 24.5 Å². The Kier molecular flexibility index (Phi) is 5.03. The van der Waals surface area contributed by atoms with Gasteiger partial charge in [0.2, 0.25) is 0 Å². The quantitative estimate of drug-likeness (QED) is 0.812. The monoisotopic (exact) mass is 307 g/mol. The molecule has 1 amide bonds. The van der Waals surface area contributed by atoms with E-state index >= 15 is 0 Å². The number of benzene rings is 1. The van der Waals surface area contributed by atoms with Crippen molar-refractivity contribution in [3.05, 3.63) is 35.9 Å². The fourth-order valence-electron chi connectivity index (χ4n) is 2.64. The number of aliphatic hydroxyl groups is 1. The Bertz CT molecular complexity index is 533. The molecule has 6 heteroatoms. The number of carbonyl (C=O) groups excluding carboxylic acids is 1. The highest BCUT2D eigenvalue weighted by Crippen LogP contribution is 2.36. The molecular weight excluding hydrogens is 286 g/mol. The Morgan fingerprint density at radius 2 is 2.05 bits per heavy atom. The number of carboxylic acid groups (broad SMARTS) is 1. The molecule has 1 aliphatic rings. The van der Waals surface area contributed by atoms with Crippen molar-refractivity contribution in [1.29, 1.82) is 0 Å². The zero-order valence-corrected chi connectivity index (χ0v) is 12.6. The van der Waals surface area contributed by atoms with E-state index in [0.717, 1.165) is 17.7 Å². The maximum Gasteiger partial charge on any atom is 0.410 e. The van der Waals surface area contributed by atoms with Gasteiger partial charge in [-0.05, 0) is 12.0 Å². The molecule has 6 nitrogen and oxygen atoms in total. The van der Waals surface area contributed by atoms with Crippen molar-refractivity contribution in [2.75, 3.05) is 13.2 Å². The van der Waals surface area contributed by atoms with Crippen LogP contribution in [0.3, 0.4) is 0 Å². The molecule has 1 fully saturated rings. The fourth-order valence-corrected chi connectivity index (χ4v) is 2.64. The van der Waals surface area contributed by atoms with Gasteiger partial charge in [0.25, 0.3) is 0 Å². The number of unbranched alkanes of at least 4 members (excludes halogenated alkanes) is 1. The van der Waals surface area contributed by atoms with Crippen LogP contribution in [-0.4, -0.2) is 46.4 Å². The number of amides is 1. The van der Waals surface area contributed by atoms with Gasteiger partial charge in [-0.2, -0.15) is 0 Å².